The number of likely N-dealkylation sites (N-methyl/N-ethyl adjacent to an activating group) is 1. The van der Waals surface area contributed by atoms with Gasteiger partial charge in [0.25, 0.3) is 0 Å². The molecular formula is C11H20N4. The highest BCUT2D eigenvalue weighted by atomic mass is 15.3. The van der Waals surface area contributed by atoms with Gasteiger partial charge in [-0.05, 0) is 31.9 Å². The summed E-state index contributed by atoms with van der Waals surface area (Å²) in [5, 5.41) is 4.18. The van der Waals surface area contributed by atoms with E-state index in [2.05, 4.69) is 17.0 Å². The van der Waals surface area contributed by atoms with Crippen molar-refractivity contribution in [1.29, 1.82) is 0 Å². The van der Waals surface area contributed by atoms with Crippen LogP contribution in [-0.2, 0) is 6.54 Å². The Morgan fingerprint density at radius 2 is 2.33 bits per heavy atom. The van der Waals surface area contributed by atoms with E-state index in [0.717, 1.165) is 19.0 Å². The smallest absolute Gasteiger partial charge is 0.0536 e. The molecule has 1 aliphatic carbocycles. The predicted molar refractivity (Wildman–Crippen MR) is 60.4 cm³/mol. The van der Waals surface area contributed by atoms with Crippen molar-refractivity contribution in [3.8, 4) is 0 Å². The molecule has 2 N–H and O–H groups in total. The minimum atomic E-state index is 0.467. The van der Waals surface area contributed by atoms with Gasteiger partial charge in [0.15, 0.2) is 0 Å². The minimum Gasteiger partial charge on any atom is -0.328 e. The van der Waals surface area contributed by atoms with Crippen LogP contribution in [0, 0.1) is 5.92 Å². The van der Waals surface area contributed by atoms with E-state index < -0.39 is 0 Å². The highest BCUT2D eigenvalue weighted by Crippen LogP contribution is 2.25. The van der Waals surface area contributed by atoms with Crippen LogP contribution in [0.4, 0.5) is 0 Å². The number of rotatable bonds is 5. The number of hydrogen-bond acceptors (Lipinski definition) is 3. The highest BCUT2D eigenvalue weighted by molar-refractivity contribution is 4.84. The van der Waals surface area contributed by atoms with E-state index in [4.69, 9.17) is 5.73 Å². The zero-order valence-electron chi connectivity index (χ0n) is 9.34. The van der Waals surface area contributed by atoms with E-state index in [1.54, 1.807) is 0 Å². The minimum absolute atomic E-state index is 0.467. The van der Waals surface area contributed by atoms with Crippen LogP contribution in [0.1, 0.15) is 12.8 Å². The van der Waals surface area contributed by atoms with E-state index in [1.165, 1.54) is 19.4 Å². The Morgan fingerprint density at radius 3 is 2.93 bits per heavy atom. The summed E-state index contributed by atoms with van der Waals surface area (Å²) in [6.45, 7) is 3.21. The summed E-state index contributed by atoms with van der Waals surface area (Å²) in [6.07, 6.45) is 6.23. The number of nitrogens with zero attached hydrogens (tertiary/aromatic N) is 3. The molecule has 0 amide bonds. The number of hydrogen-bond donors (Lipinski definition) is 1. The molecule has 15 heavy (non-hydrogen) atoms. The quantitative estimate of drug-likeness (QED) is 0.769. The van der Waals surface area contributed by atoms with Gasteiger partial charge >= 0.3 is 0 Å². The maximum atomic E-state index is 5.76. The lowest BCUT2D eigenvalue weighted by molar-refractivity contribution is 0.178. The van der Waals surface area contributed by atoms with Crippen molar-refractivity contribution in [2.75, 3.05) is 20.1 Å². The molecule has 1 heterocycles. The first-order chi connectivity index (χ1) is 7.24. The first kappa shape index (κ1) is 10.6. The molecule has 0 radical (unpaired) electrons. The Labute approximate surface area is 91.1 Å². The molecule has 4 nitrogen and oxygen atoms in total. The lowest BCUT2D eigenvalue weighted by Crippen LogP contribution is -2.42. The predicted octanol–water partition coefficient (Wildman–Crippen LogP) is 0.552. The molecule has 4 heteroatoms. The average Bonchev–Trinajstić information content (AvgIpc) is 2.65. The summed E-state index contributed by atoms with van der Waals surface area (Å²) < 4.78 is 1.98. The van der Waals surface area contributed by atoms with Crippen LogP contribution in [0.3, 0.4) is 0 Å². The van der Waals surface area contributed by atoms with Crippen molar-refractivity contribution in [1.82, 2.24) is 14.7 Å². The second-order valence-corrected chi connectivity index (χ2v) is 4.63. The summed E-state index contributed by atoms with van der Waals surface area (Å²) in [4.78, 5) is 2.37. The Hall–Kier alpha value is -0.870. The normalized spacial score (nSPS) is 25.5. The standard InChI is InChI=1S/C11H20N4/c1-14(9-10-7-11(12)8-10)5-6-15-4-2-3-13-15/h2-4,10-11H,5-9,12H2,1H3. The molecular weight excluding hydrogens is 188 g/mol. The van der Waals surface area contributed by atoms with Crippen molar-refractivity contribution in [3.05, 3.63) is 18.5 Å². The van der Waals surface area contributed by atoms with Gasteiger partial charge in [0.1, 0.15) is 0 Å². The van der Waals surface area contributed by atoms with Gasteiger partial charge in [0, 0.05) is 31.5 Å². The van der Waals surface area contributed by atoms with Gasteiger partial charge in [-0.2, -0.15) is 5.10 Å². The van der Waals surface area contributed by atoms with Crippen molar-refractivity contribution in [3.63, 3.8) is 0 Å². The van der Waals surface area contributed by atoms with E-state index in [0.29, 0.717) is 6.04 Å². The molecule has 0 spiro atoms. The first-order valence-electron chi connectivity index (χ1n) is 5.65. The Balaban J connectivity index is 1.62. The maximum absolute atomic E-state index is 5.76. The molecule has 0 aliphatic heterocycles. The lowest BCUT2D eigenvalue weighted by Gasteiger charge is -2.35. The molecule has 0 unspecified atom stereocenters. The molecule has 0 aromatic carbocycles. The molecule has 0 saturated heterocycles. The van der Waals surface area contributed by atoms with Gasteiger partial charge in [-0.3, -0.25) is 4.68 Å². The van der Waals surface area contributed by atoms with Gasteiger partial charge < -0.3 is 10.6 Å². The maximum Gasteiger partial charge on any atom is 0.0536 e. The largest absolute Gasteiger partial charge is 0.328 e. The average molecular weight is 208 g/mol. The molecule has 1 saturated carbocycles. The van der Waals surface area contributed by atoms with Crippen LogP contribution < -0.4 is 5.73 Å². The van der Waals surface area contributed by atoms with E-state index in [-0.39, 0.29) is 0 Å². The summed E-state index contributed by atoms with van der Waals surface area (Å²) in [7, 11) is 2.17. The molecule has 0 atom stereocenters. The van der Waals surface area contributed by atoms with Crippen molar-refractivity contribution < 1.29 is 0 Å². The van der Waals surface area contributed by atoms with Gasteiger partial charge in [0.2, 0.25) is 0 Å². The molecule has 1 aliphatic rings. The van der Waals surface area contributed by atoms with Gasteiger partial charge in [-0.15, -0.1) is 0 Å². The molecule has 2 rings (SSSR count). The zero-order chi connectivity index (χ0) is 10.7. The van der Waals surface area contributed by atoms with Crippen LogP contribution in [0.5, 0.6) is 0 Å². The van der Waals surface area contributed by atoms with Crippen LogP contribution in [0.2, 0.25) is 0 Å². The van der Waals surface area contributed by atoms with E-state index >= 15 is 0 Å². The molecule has 1 aromatic heterocycles. The molecule has 1 aromatic rings. The van der Waals surface area contributed by atoms with E-state index in [9.17, 15) is 0 Å². The number of nitrogens with two attached hydrogens (primary N) is 1. The SMILES string of the molecule is CN(CCn1cccn1)CC1CC(N)C1. The number of aromatic nitrogens is 2. The first-order valence-corrected chi connectivity index (χ1v) is 5.65. The second-order valence-electron chi connectivity index (χ2n) is 4.63. The Bertz CT molecular complexity index is 277. The van der Waals surface area contributed by atoms with Gasteiger partial charge in [-0.25, -0.2) is 0 Å². The fourth-order valence-corrected chi connectivity index (χ4v) is 2.17. The highest BCUT2D eigenvalue weighted by Gasteiger charge is 2.26. The van der Waals surface area contributed by atoms with Crippen LogP contribution >= 0.6 is 0 Å². The van der Waals surface area contributed by atoms with Gasteiger partial charge in [-0.1, -0.05) is 0 Å². The summed E-state index contributed by atoms with van der Waals surface area (Å²) in [5.41, 5.74) is 5.76. The lowest BCUT2D eigenvalue weighted by atomic mass is 9.81. The third kappa shape index (κ3) is 3.04. The summed E-state index contributed by atoms with van der Waals surface area (Å²) in [6, 6.07) is 2.43. The van der Waals surface area contributed by atoms with Crippen LogP contribution in [0.15, 0.2) is 18.5 Å². The fraction of sp³-hybridized carbons (Fsp3) is 0.727. The third-order valence-corrected chi connectivity index (χ3v) is 3.11. The third-order valence-electron chi connectivity index (χ3n) is 3.11. The van der Waals surface area contributed by atoms with E-state index in [1.807, 2.05) is 23.1 Å². The fourth-order valence-electron chi connectivity index (χ4n) is 2.17. The van der Waals surface area contributed by atoms with Gasteiger partial charge in [0.05, 0.1) is 6.54 Å². The summed E-state index contributed by atoms with van der Waals surface area (Å²) >= 11 is 0. The zero-order valence-corrected chi connectivity index (χ0v) is 9.34. The van der Waals surface area contributed by atoms with Crippen LogP contribution in [-0.4, -0.2) is 40.9 Å². The summed E-state index contributed by atoms with van der Waals surface area (Å²) in [5.74, 6) is 0.822. The molecule has 84 valence electrons. The van der Waals surface area contributed by atoms with Crippen molar-refractivity contribution >= 4 is 0 Å². The topological polar surface area (TPSA) is 47.1 Å². The van der Waals surface area contributed by atoms with Crippen molar-refractivity contribution in [2.45, 2.75) is 25.4 Å². The second kappa shape index (κ2) is 4.77. The Kier molecular flexibility index (Phi) is 3.38. The monoisotopic (exact) mass is 208 g/mol. The molecule has 0 bridgehead atoms. The Morgan fingerprint density at radius 1 is 1.53 bits per heavy atom. The molecule has 1 fully saturated rings. The van der Waals surface area contributed by atoms with Crippen LogP contribution in [0.25, 0.3) is 0 Å². The van der Waals surface area contributed by atoms with Crippen molar-refractivity contribution in [2.24, 2.45) is 11.7 Å².